The molecular weight excluding hydrogens is 326 g/mol. The van der Waals surface area contributed by atoms with E-state index in [9.17, 15) is 8.42 Å². The molecule has 1 atom stereocenters. The van der Waals surface area contributed by atoms with Crippen molar-refractivity contribution in [3.8, 4) is 0 Å². The van der Waals surface area contributed by atoms with Gasteiger partial charge < -0.3 is 9.42 Å². The van der Waals surface area contributed by atoms with Crippen LogP contribution in [0.3, 0.4) is 0 Å². The Kier molecular flexibility index (Phi) is 4.76. The van der Waals surface area contributed by atoms with E-state index in [-0.39, 0.29) is 6.04 Å². The number of fused-ring (bicyclic) bond motifs is 1. The van der Waals surface area contributed by atoms with E-state index in [0.29, 0.717) is 30.7 Å². The Bertz CT molecular complexity index is 810. The van der Waals surface area contributed by atoms with Crippen molar-refractivity contribution in [3.05, 3.63) is 46.8 Å². The van der Waals surface area contributed by atoms with Crippen molar-refractivity contribution >= 4 is 10.0 Å². The number of aryl methyl sites for hydroxylation is 2. The van der Waals surface area contributed by atoms with Crippen LogP contribution in [-0.4, -0.2) is 38.6 Å². The molecule has 1 aromatic carbocycles. The highest BCUT2D eigenvalue weighted by Crippen LogP contribution is 2.26. The summed E-state index contributed by atoms with van der Waals surface area (Å²) in [5.74, 6) is 0.887. The van der Waals surface area contributed by atoms with Gasteiger partial charge in [0, 0.05) is 24.6 Å². The molecule has 0 fully saturated rings. The molecule has 1 N–H and O–H groups in total. The molecular formula is C17H23N3O3S. The fourth-order valence-electron chi connectivity index (χ4n) is 2.99. The Morgan fingerprint density at radius 3 is 2.67 bits per heavy atom. The van der Waals surface area contributed by atoms with Crippen LogP contribution in [0.15, 0.2) is 33.7 Å². The molecule has 0 spiro atoms. The molecule has 0 saturated carbocycles. The highest BCUT2D eigenvalue weighted by Gasteiger charge is 2.29. The molecule has 1 aliphatic carbocycles. The lowest BCUT2D eigenvalue weighted by Crippen LogP contribution is -2.38. The summed E-state index contributed by atoms with van der Waals surface area (Å²) in [7, 11) is 0.438. The fraction of sp³-hybridized carbons (Fsp3) is 0.471. The van der Waals surface area contributed by atoms with Gasteiger partial charge in [0.2, 0.25) is 10.0 Å². The molecule has 6 nitrogen and oxygen atoms in total. The SMILES string of the molecule is Cc1ccc(S(=O)(=O)NC2CCc3onc(CN(C)C)c3C2)cc1. The number of nitrogens with zero attached hydrogens (tertiary/aromatic N) is 2. The van der Waals surface area contributed by atoms with Gasteiger partial charge in [0.25, 0.3) is 0 Å². The second kappa shape index (κ2) is 6.66. The minimum absolute atomic E-state index is 0.135. The van der Waals surface area contributed by atoms with Crippen molar-refractivity contribution < 1.29 is 12.9 Å². The average Bonchev–Trinajstić information content (AvgIpc) is 2.89. The van der Waals surface area contributed by atoms with Crippen LogP contribution < -0.4 is 4.72 Å². The van der Waals surface area contributed by atoms with Gasteiger partial charge >= 0.3 is 0 Å². The van der Waals surface area contributed by atoms with E-state index in [1.165, 1.54) is 0 Å². The maximum Gasteiger partial charge on any atom is 0.240 e. The van der Waals surface area contributed by atoms with Crippen LogP contribution in [0, 0.1) is 6.92 Å². The van der Waals surface area contributed by atoms with Crippen molar-refractivity contribution in [1.29, 1.82) is 0 Å². The third kappa shape index (κ3) is 3.68. The van der Waals surface area contributed by atoms with Gasteiger partial charge in [-0.25, -0.2) is 13.1 Å². The van der Waals surface area contributed by atoms with Gasteiger partial charge in [0.1, 0.15) is 11.5 Å². The van der Waals surface area contributed by atoms with Crippen LogP contribution in [-0.2, 0) is 29.4 Å². The fourth-order valence-corrected chi connectivity index (χ4v) is 4.26. The molecule has 1 unspecified atom stereocenters. The first-order valence-electron chi connectivity index (χ1n) is 8.05. The first kappa shape index (κ1) is 17.1. The molecule has 1 aliphatic rings. The molecule has 2 aromatic rings. The molecule has 0 amide bonds. The summed E-state index contributed by atoms with van der Waals surface area (Å²) in [5.41, 5.74) is 2.98. The Morgan fingerprint density at radius 1 is 1.29 bits per heavy atom. The van der Waals surface area contributed by atoms with Crippen LogP contribution in [0.4, 0.5) is 0 Å². The van der Waals surface area contributed by atoms with Crippen LogP contribution in [0.5, 0.6) is 0 Å². The zero-order valence-corrected chi connectivity index (χ0v) is 15.1. The summed E-state index contributed by atoms with van der Waals surface area (Å²) in [5, 5.41) is 4.14. The first-order chi connectivity index (χ1) is 11.3. The Labute approximate surface area is 142 Å². The van der Waals surface area contributed by atoms with E-state index in [1.54, 1.807) is 12.1 Å². The van der Waals surface area contributed by atoms with E-state index in [2.05, 4.69) is 9.88 Å². The van der Waals surface area contributed by atoms with Crippen LogP contribution >= 0.6 is 0 Å². The van der Waals surface area contributed by atoms with Gasteiger partial charge in [0.05, 0.1) is 4.90 Å². The smallest absolute Gasteiger partial charge is 0.240 e. The number of nitrogens with one attached hydrogen (secondary N) is 1. The third-order valence-corrected chi connectivity index (χ3v) is 5.78. The number of benzene rings is 1. The van der Waals surface area contributed by atoms with E-state index < -0.39 is 10.0 Å². The molecule has 0 radical (unpaired) electrons. The van der Waals surface area contributed by atoms with Gasteiger partial charge in [-0.3, -0.25) is 0 Å². The average molecular weight is 349 g/mol. The molecule has 1 aromatic heterocycles. The highest BCUT2D eigenvalue weighted by atomic mass is 32.2. The predicted octanol–water partition coefficient (Wildman–Crippen LogP) is 1.88. The van der Waals surface area contributed by atoms with E-state index in [4.69, 9.17) is 4.52 Å². The summed E-state index contributed by atoms with van der Waals surface area (Å²) >= 11 is 0. The Hall–Kier alpha value is -1.70. The summed E-state index contributed by atoms with van der Waals surface area (Å²) in [6, 6.07) is 6.76. The standard InChI is InChI=1S/C17H23N3O3S/c1-12-4-7-14(8-5-12)24(21,22)19-13-6-9-17-15(10-13)16(18-23-17)11-20(2)3/h4-5,7-8,13,19H,6,9-11H2,1-3H3. The van der Waals surface area contributed by atoms with Gasteiger partial charge in [-0.1, -0.05) is 22.9 Å². The monoisotopic (exact) mass is 349 g/mol. The summed E-state index contributed by atoms with van der Waals surface area (Å²) < 4.78 is 33.4. The lowest BCUT2D eigenvalue weighted by molar-refractivity contribution is 0.343. The Balaban J connectivity index is 1.75. The van der Waals surface area contributed by atoms with E-state index >= 15 is 0 Å². The van der Waals surface area contributed by atoms with Gasteiger partial charge in [0.15, 0.2) is 0 Å². The van der Waals surface area contributed by atoms with Crippen LogP contribution in [0.1, 0.15) is 29.0 Å². The minimum Gasteiger partial charge on any atom is -0.361 e. The van der Waals surface area contributed by atoms with Crippen molar-refractivity contribution in [2.75, 3.05) is 14.1 Å². The predicted molar refractivity (Wildman–Crippen MR) is 91.2 cm³/mol. The van der Waals surface area contributed by atoms with Crippen molar-refractivity contribution in [2.45, 2.75) is 43.7 Å². The van der Waals surface area contributed by atoms with Crippen LogP contribution in [0.2, 0.25) is 0 Å². The quantitative estimate of drug-likeness (QED) is 0.892. The maximum atomic E-state index is 12.6. The molecule has 3 rings (SSSR count). The normalized spacial score (nSPS) is 17.9. The van der Waals surface area contributed by atoms with E-state index in [1.807, 2.05) is 38.1 Å². The summed E-state index contributed by atoms with van der Waals surface area (Å²) in [6.07, 6.45) is 2.04. The zero-order valence-electron chi connectivity index (χ0n) is 14.2. The minimum atomic E-state index is -3.51. The number of hydrogen-bond donors (Lipinski definition) is 1. The second-order valence-electron chi connectivity index (χ2n) is 6.64. The van der Waals surface area contributed by atoms with Crippen molar-refractivity contribution in [3.63, 3.8) is 0 Å². The molecule has 0 bridgehead atoms. The molecule has 1 heterocycles. The number of sulfonamides is 1. The zero-order chi connectivity index (χ0) is 17.3. The van der Waals surface area contributed by atoms with Gasteiger partial charge in [-0.05, 0) is 46.0 Å². The maximum absolute atomic E-state index is 12.6. The highest BCUT2D eigenvalue weighted by molar-refractivity contribution is 7.89. The second-order valence-corrected chi connectivity index (χ2v) is 8.36. The van der Waals surface area contributed by atoms with Gasteiger partial charge in [-0.2, -0.15) is 0 Å². The Morgan fingerprint density at radius 2 is 2.00 bits per heavy atom. The lowest BCUT2D eigenvalue weighted by atomic mass is 9.92. The first-order valence-corrected chi connectivity index (χ1v) is 9.53. The molecule has 0 saturated heterocycles. The molecule has 130 valence electrons. The molecule has 0 aliphatic heterocycles. The molecule has 24 heavy (non-hydrogen) atoms. The van der Waals surface area contributed by atoms with Crippen LogP contribution in [0.25, 0.3) is 0 Å². The number of rotatable bonds is 5. The summed E-state index contributed by atoms with van der Waals surface area (Å²) in [6.45, 7) is 2.63. The van der Waals surface area contributed by atoms with Crippen molar-refractivity contribution in [1.82, 2.24) is 14.8 Å². The van der Waals surface area contributed by atoms with Gasteiger partial charge in [-0.15, -0.1) is 0 Å². The van der Waals surface area contributed by atoms with E-state index in [0.717, 1.165) is 22.6 Å². The number of aromatic nitrogens is 1. The molecule has 7 heteroatoms. The third-order valence-electron chi connectivity index (χ3n) is 4.24. The topological polar surface area (TPSA) is 75.4 Å². The number of hydrogen-bond acceptors (Lipinski definition) is 5. The lowest BCUT2D eigenvalue weighted by Gasteiger charge is -2.23. The largest absolute Gasteiger partial charge is 0.361 e. The summed E-state index contributed by atoms with van der Waals surface area (Å²) in [4.78, 5) is 2.33. The van der Waals surface area contributed by atoms with Crippen molar-refractivity contribution in [2.24, 2.45) is 0 Å².